The first-order chi connectivity index (χ1) is 9.93. The largest absolute Gasteiger partial charge is 0.247 e. The highest BCUT2D eigenvalue weighted by atomic mass is 14.7. The van der Waals surface area contributed by atoms with Crippen LogP contribution in [0.2, 0.25) is 0 Å². The van der Waals surface area contributed by atoms with E-state index < -0.39 is 0 Å². The normalized spacial score (nSPS) is 11.0. The van der Waals surface area contributed by atoms with Crippen LogP contribution in [0.15, 0.2) is 72.8 Å². The molecule has 0 saturated carbocycles. The van der Waals surface area contributed by atoms with E-state index in [1.165, 1.54) is 16.2 Å². The number of nitrogens with zero attached hydrogens (tertiary/aromatic N) is 1. The minimum atomic E-state index is 1.02. The van der Waals surface area contributed by atoms with Crippen molar-refractivity contribution in [3.63, 3.8) is 0 Å². The maximum absolute atomic E-state index is 4.85. The first-order valence-electron chi connectivity index (χ1n) is 6.67. The molecule has 0 amide bonds. The van der Waals surface area contributed by atoms with Crippen molar-refractivity contribution in [2.75, 3.05) is 0 Å². The minimum Gasteiger partial charge on any atom is -0.247 e. The van der Waals surface area contributed by atoms with Crippen molar-refractivity contribution in [1.29, 1.82) is 0 Å². The lowest BCUT2D eigenvalue weighted by atomic mass is 10.0. The third kappa shape index (κ3) is 1.68. The molecule has 20 heavy (non-hydrogen) atoms. The Morgan fingerprint density at radius 3 is 2.25 bits per heavy atom. The van der Waals surface area contributed by atoms with Gasteiger partial charge in [0.25, 0.3) is 0 Å². The molecule has 0 aliphatic carbocycles. The van der Waals surface area contributed by atoms with Gasteiger partial charge in [0.2, 0.25) is 0 Å². The first-order valence-corrected chi connectivity index (χ1v) is 6.67. The van der Waals surface area contributed by atoms with E-state index >= 15 is 0 Å². The molecule has 0 bridgehead atoms. The fraction of sp³-hybridized carbons (Fsp3) is 0. The molecule has 0 atom stereocenters. The van der Waals surface area contributed by atoms with Gasteiger partial charge in [0, 0.05) is 16.3 Å². The molecule has 0 fully saturated rings. The van der Waals surface area contributed by atoms with Gasteiger partial charge >= 0.3 is 0 Å². The average Bonchev–Trinajstić information content (AvgIpc) is 2.55. The summed E-state index contributed by atoms with van der Waals surface area (Å²) in [6, 6.07) is 27.8. The van der Waals surface area contributed by atoms with Crippen LogP contribution in [0, 0.1) is 6.07 Å². The highest BCUT2D eigenvalue weighted by molar-refractivity contribution is 6.10. The van der Waals surface area contributed by atoms with E-state index in [4.69, 9.17) is 4.98 Å². The van der Waals surface area contributed by atoms with E-state index in [9.17, 15) is 0 Å². The van der Waals surface area contributed by atoms with Crippen molar-refractivity contribution in [2.45, 2.75) is 0 Å². The van der Waals surface area contributed by atoms with Crippen LogP contribution in [0.3, 0.4) is 0 Å². The maximum Gasteiger partial charge on any atom is 0.0788 e. The fourth-order valence-electron chi connectivity index (χ4n) is 2.66. The Balaban J connectivity index is 2.19. The maximum atomic E-state index is 4.85. The summed E-state index contributed by atoms with van der Waals surface area (Å²) >= 11 is 0. The predicted octanol–water partition coefficient (Wildman–Crippen LogP) is 4.86. The van der Waals surface area contributed by atoms with Crippen LogP contribution in [-0.2, 0) is 0 Å². The quantitative estimate of drug-likeness (QED) is 0.442. The second-order valence-corrected chi connectivity index (χ2v) is 4.82. The molecule has 1 radical (unpaired) electrons. The van der Waals surface area contributed by atoms with Crippen molar-refractivity contribution in [1.82, 2.24) is 4.98 Å². The zero-order valence-corrected chi connectivity index (χ0v) is 10.9. The summed E-state index contributed by atoms with van der Waals surface area (Å²) in [7, 11) is 0. The van der Waals surface area contributed by atoms with E-state index in [0.717, 1.165) is 16.8 Å². The Morgan fingerprint density at radius 1 is 0.700 bits per heavy atom. The van der Waals surface area contributed by atoms with Crippen LogP contribution in [0.1, 0.15) is 0 Å². The summed E-state index contributed by atoms with van der Waals surface area (Å²) in [6.07, 6.45) is 0. The third-order valence-corrected chi connectivity index (χ3v) is 3.59. The molecule has 1 heterocycles. The second-order valence-electron chi connectivity index (χ2n) is 4.82. The topological polar surface area (TPSA) is 12.9 Å². The molecule has 3 aromatic carbocycles. The Labute approximate surface area is 117 Å². The molecule has 0 aliphatic heterocycles. The third-order valence-electron chi connectivity index (χ3n) is 3.59. The van der Waals surface area contributed by atoms with Crippen molar-refractivity contribution in [3.05, 3.63) is 78.9 Å². The summed E-state index contributed by atoms with van der Waals surface area (Å²) in [4.78, 5) is 4.85. The zero-order valence-electron chi connectivity index (χ0n) is 10.9. The molecule has 4 rings (SSSR count). The van der Waals surface area contributed by atoms with Crippen LogP contribution < -0.4 is 0 Å². The molecule has 0 saturated heterocycles. The average molecular weight is 254 g/mol. The molecule has 4 aromatic rings. The Morgan fingerprint density at radius 2 is 1.45 bits per heavy atom. The van der Waals surface area contributed by atoms with Gasteiger partial charge in [-0.05, 0) is 23.6 Å². The molecule has 1 aromatic heterocycles. The molecule has 93 valence electrons. The standard InChI is InChI=1S/C19H12N/c1-2-8-14(9-3-1)19-17-12-5-4-10-15(17)16-11-6-7-13-18(16)20-19/h1-2,4-13H. The van der Waals surface area contributed by atoms with Gasteiger partial charge in [0.05, 0.1) is 11.2 Å². The lowest BCUT2D eigenvalue weighted by Crippen LogP contribution is -1.89. The van der Waals surface area contributed by atoms with Gasteiger partial charge in [-0.3, -0.25) is 0 Å². The van der Waals surface area contributed by atoms with Crippen molar-refractivity contribution in [2.24, 2.45) is 0 Å². The van der Waals surface area contributed by atoms with Crippen LogP contribution in [0.4, 0.5) is 0 Å². The molecule has 0 N–H and O–H groups in total. The molecule has 0 aliphatic rings. The number of fused-ring (bicyclic) bond motifs is 3. The van der Waals surface area contributed by atoms with Crippen LogP contribution in [0.5, 0.6) is 0 Å². The van der Waals surface area contributed by atoms with E-state index in [0.29, 0.717) is 0 Å². The number of pyridine rings is 1. The summed E-state index contributed by atoms with van der Waals surface area (Å²) < 4.78 is 0. The molecule has 0 spiro atoms. The van der Waals surface area contributed by atoms with Gasteiger partial charge in [0.15, 0.2) is 0 Å². The van der Waals surface area contributed by atoms with Crippen molar-refractivity contribution < 1.29 is 0 Å². The van der Waals surface area contributed by atoms with Crippen molar-refractivity contribution in [3.8, 4) is 11.3 Å². The number of hydrogen-bond donors (Lipinski definition) is 0. The number of para-hydroxylation sites is 1. The lowest BCUT2D eigenvalue weighted by molar-refractivity contribution is 1.43. The zero-order chi connectivity index (χ0) is 13.4. The SMILES string of the molecule is [c]1cccc(-c2nc3ccccc3c3ccccc23)c1. The first kappa shape index (κ1) is 11.2. The molecule has 1 heteroatoms. The number of rotatable bonds is 1. The van der Waals surface area contributed by atoms with E-state index in [1.807, 2.05) is 24.3 Å². The Hall–Kier alpha value is -2.67. The highest BCUT2D eigenvalue weighted by Crippen LogP contribution is 2.31. The number of aromatic nitrogens is 1. The highest BCUT2D eigenvalue weighted by Gasteiger charge is 2.08. The fourth-order valence-corrected chi connectivity index (χ4v) is 2.66. The van der Waals surface area contributed by atoms with Crippen LogP contribution >= 0.6 is 0 Å². The molecule has 0 unspecified atom stereocenters. The predicted molar refractivity (Wildman–Crippen MR) is 83.5 cm³/mol. The van der Waals surface area contributed by atoms with Gasteiger partial charge in [0.1, 0.15) is 0 Å². The molecular weight excluding hydrogens is 242 g/mol. The Kier molecular flexibility index (Phi) is 2.49. The van der Waals surface area contributed by atoms with Crippen LogP contribution in [0.25, 0.3) is 32.9 Å². The van der Waals surface area contributed by atoms with Crippen LogP contribution in [-0.4, -0.2) is 4.98 Å². The van der Waals surface area contributed by atoms with Gasteiger partial charge < -0.3 is 0 Å². The second kappa shape index (κ2) is 4.46. The number of hydrogen-bond acceptors (Lipinski definition) is 1. The summed E-state index contributed by atoms with van der Waals surface area (Å²) in [5, 5.41) is 3.63. The van der Waals surface area contributed by atoms with E-state index in [1.54, 1.807) is 0 Å². The molecule has 1 nitrogen and oxygen atoms in total. The smallest absolute Gasteiger partial charge is 0.0788 e. The lowest BCUT2D eigenvalue weighted by Gasteiger charge is -2.09. The van der Waals surface area contributed by atoms with E-state index in [-0.39, 0.29) is 0 Å². The Bertz CT molecular complexity index is 895. The molecular formula is C19H12N. The monoisotopic (exact) mass is 254 g/mol. The summed E-state index contributed by atoms with van der Waals surface area (Å²) in [6.45, 7) is 0. The summed E-state index contributed by atoms with van der Waals surface area (Å²) in [5.74, 6) is 0. The van der Waals surface area contributed by atoms with Gasteiger partial charge in [-0.1, -0.05) is 60.7 Å². The van der Waals surface area contributed by atoms with E-state index in [2.05, 4.69) is 54.6 Å². The minimum absolute atomic E-state index is 1.02. The van der Waals surface area contributed by atoms with Crippen molar-refractivity contribution >= 4 is 21.7 Å². The summed E-state index contributed by atoms with van der Waals surface area (Å²) in [5.41, 5.74) is 3.16. The van der Waals surface area contributed by atoms with Gasteiger partial charge in [-0.25, -0.2) is 4.98 Å². The van der Waals surface area contributed by atoms with Gasteiger partial charge in [-0.15, -0.1) is 0 Å². The number of benzene rings is 3. The van der Waals surface area contributed by atoms with Gasteiger partial charge in [-0.2, -0.15) is 0 Å².